The van der Waals surface area contributed by atoms with Crippen molar-refractivity contribution in [3.8, 4) is 12.3 Å². The van der Waals surface area contributed by atoms with Gasteiger partial charge in [0.1, 0.15) is 6.61 Å². The Hall–Kier alpha value is -1.50. The van der Waals surface area contributed by atoms with E-state index >= 15 is 0 Å². The lowest BCUT2D eigenvalue weighted by Gasteiger charge is -2.16. The van der Waals surface area contributed by atoms with E-state index < -0.39 is 0 Å². The normalized spacial score (nSPS) is 16.9. The second-order valence-corrected chi connectivity index (χ2v) is 4.77. The maximum Gasteiger partial charge on any atom is 0.307 e. The van der Waals surface area contributed by atoms with Crippen LogP contribution in [0.15, 0.2) is 0 Å². The molecule has 0 aromatic heterocycles. The van der Waals surface area contributed by atoms with Gasteiger partial charge in [-0.15, -0.1) is 12.3 Å². The van der Waals surface area contributed by atoms with E-state index in [2.05, 4.69) is 11.2 Å². The van der Waals surface area contributed by atoms with Crippen LogP contribution in [0, 0.1) is 18.3 Å². The first-order valence-corrected chi connectivity index (χ1v) is 6.53. The second-order valence-electron chi connectivity index (χ2n) is 4.77. The smallest absolute Gasteiger partial charge is 0.307 e. The number of amides is 1. The third-order valence-electron chi connectivity index (χ3n) is 3.10. The standard InChI is InChI=1S/C14H21NO3/c1-3-4-9-18-13(16)10-11(2)15-14(17)12-7-5-6-8-12/h1,11-12H,4-10H2,2H3,(H,15,17)/t11-/m0/s1. The summed E-state index contributed by atoms with van der Waals surface area (Å²) in [6, 6.07) is -0.184. The number of rotatable bonds is 6. The molecule has 1 N–H and O–H groups in total. The summed E-state index contributed by atoms with van der Waals surface area (Å²) in [7, 11) is 0. The quantitative estimate of drug-likeness (QED) is 0.443. The van der Waals surface area contributed by atoms with Crippen molar-refractivity contribution < 1.29 is 14.3 Å². The van der Waals surface area contributed by atoms with Crippen LogP contribution >= 0.6 is 0 Å². The van der Waals surface area contributed by atoms with E-state index in [1.54, 1.807) is 0 Å². The number of ether oxygens (including phenoxy) is 1. The van der Waals surface area contributed by atoms with Crippen molar-refractivity contribution in [2.45, 2.75) is 51.5 Å². The minimum atomic E-state index is -0.315. The summed E-state index contributed by atoms with van der Waals surface area (Å²) in [5.41, 5.74) is 0. The van der Waals surface area contributed by atoms with Gasteiger partial charge in [0.25, 0.3) is 0 Å². The number of esters is 1. The first-order valence-electron chi connectivity index (χ1n) is 6.53. The molecule has 0 saturated heterocycles. The molecule has 1 fully saturated rings. The van der Waals surface area contributed by atoms with E-state index in [0.717, 1.165) is 25.7 Å². The molecule has 100 valence electrons. The number of carbonyl (C=O) groups is 2. The van der Waals surface area contributed by atoms with Crippen molar-refractivity contribution in [3.05, 3.63) is 0 Å². The van der Waals surface area contributed by atoms with Gasteiger partial charge in [-0.2, -0.15) is 0 Å². The van der Waals surface area contributed by atoms with E-state index in [1.807, 2.05) is 6.92 Å². The third kappa shape index (κ3) is 5.22. The Kier molecular flexibility index (Phi) is 6.27. The molecule has 1 aliphatic carbocycles. The van der Waals surface area contributed by atoms with Gasteiger partial charge in [-0.25, -0.2) is 0 Å². The van der Waals surface area contributed by atoms with Gasteiger partial charge in [-0.1, -0.05) is 12.8 Å². The number of terminal acetylenes is 1. The Bertz CT molecular complexity index is 326. The van der Waals surface area contributed by atoms with E-state index in [-0.39, 0.29) is 36.9 Å². The zero-order valence-corrected chi connectivity index (χ0v) is 10.9. The molecule has 0 aromatic rings. The Morgan fingerprint density at radius 2 is 2.11 bits per heavy atom. The third-order valence-corrected chi connectivity index (χ3v) is 3.10. The molecule has 1 rings (SSSR count). The fourth-order valence-corrected chi connectivity index (χ4v) is 2.13. The highest BCUT2D eigenvalue weighted by Crippen LogP contribution is 2.24. The molecule has 4 nitrogen and oxygen atoms in total. The van der Waals surface area contributed by atoms with Gasteiger partial charge in [0, 0.05) is 18.4 Å². The van der Waals surface area contributed by atoms with Crippen LogP contribution in [0.3, 0.4) is 0 Å². The molecule has 0 bridgehead atoms. The van der Waals surface area contributed by atoms with Crippen molar-refractivity contribution >= 4 is 11.9 Å². The first-order chi connectivity index (χ1) is 8.63. The molecule has 0 aromatic carbocycles. The first kappa shape index (κ1) is 14.6. The Morgan fingerprint density at radius 1 is 1.44 bits per heavy atom. The maximum absolute atomic E-state index is 11.8. The SMILES string of the molecule is C#CCCOC(=O)C[C@H](C)NC(=O)C1CCCC1. The topological polar surface area (TPSA) is 55.4 Å². The van der Waals surface area contributed by atoms with Gasteiger partial charge in [0.2, 0.25) is 5.91 Å². The Morgan fingerprint density at radius 3 is 2.72 bits per heavy atom. The molecule has 1 saturated carbocycles. The molecule has 0 radical (unpaired) electrons. The van der Waals surface area contributed by atoms with Crippen molar-refractivity contribution in [2.24, 2.45) is 5.92 Å². The lowest BCUT2D eigenvalue weighted by Crippen LogP contribution is -2.38. The number of carbonyl (C=O) groups excluding carboxylic acids is 2. The average Bonchev–Trinajstić information content (AvgIpc) is 2.82. The zero-order chi connectivity index (χ0) is 13.4. The van der Waals surface area contributed by atoms with Gasteiger partial charge in [-0.05, 0) is 19.8 Å². The molecule has 4 heteroatoms. The summed E-state index contributed by atoms with van der Waals surface area (Å²) in [6.45, 7) is 2.06. The lowest BCUT2D eigenvalue weighted by atomic mass is 10.1. The maximum atomic E-state index is 11.8. The summed E-state index contributed by atoms with van der Waals surface area (Å²) in [4.78, 5) is 23.2. The molecule has 1 aliphatic rings. The highest BCUT2D eigenvalue weighted by molar-refractivity contribution is 5.80. The number of nitrogens with one attached hydrogen (secondary N) is 1. The van der Waals surface area contributed by atoms with Gasteiger partial charge in [0.05, 0.1) is 6.42 Å². The summed E-state index contributed by atoms with van der Waals surface area (Å²) >= 11 is 0. The fourth-order valence-electron chi connectivity index (χ4n) is 2.13. The summed E-state index contributed by atoms with van der Waals surface area (Å²) in [5.74, 6) is 2.28. The molecule has 18 heavy (non-hydrogen) atoms. The monoisotopic (exact) mass is 251 g/mol. The van der Waals surface area contributed by atoms with Gasteiger partial charge < -0.3 is 10.1 Å². The summed E-state index contributed by atoms with van der Waals surface area (Å²) < 4.78 is 4.93. The van der Waals surface area contributed by atoms with Crippen molar-refractivity contribution in [1.29, 1.82) is 0 Å². The van der Waals surface area contributed by atoms with E-state index in [9.17, 15) is 9.59 Å². The molecule has 0 unspecified atom stereocenters. The van der Waals surface area contributed by atoms with Crippen LogP contribution in [0.4, 0.5) is 0 Å². The van der Waals surface area contributed by atoms with Gasteiger partial charge in [-0.3, -0.25) is 9.59 Å². The van der Waals surface area contributed by atoms with Gasteiger partial charge in [0.15, 0.2) is 0 Å². The molecule has 1 atom stereocenters. The number of hydrogen-bond acceptors (Lipinski definition) is 3. The largest absolute Gasteiger partial charge is 0.465 e. The lowest BCUT2D eigenvalue weighted by molar-refractivity contribution is -0.144. The zero-order valence-electron chi connectivity index (χ0n) is 10.9. The van der Waals surface area contributed by atoms with Crippen molar-refractivity contribution in [1.82, 2.24) is 5.32 Å². The minimum absolute atomic E-state index is 0.0661. The van der Waals surface area contributed by atoms with E-state index in [0.29, 0.717) is 6.42 Å². The number of hydrogen-bond donors (Lipinski definition) is 1. The molecule has 0 heterocycles. The van der Waals surface area contributed by atoms with Crippen LogP contribution in [0.1, 0.15) is 45.4 Å². The van der Waals surface area contributed by atoms with Crippen LogP contribution in [-0.2, 0) is 14.3 Å². The van der Waals surface area contributed by atoms with Crippen LogP contribution in [-0.4, -0.2) is 24.5 Å². The van der Waals surface area contributed by atoms with Crippen LogP contribution in [0.5, 0.6) is 0 Å². The highest BCUT2D eigenvalue weighted by Gasteiger charge is 2.24. The molecular formula is C14H21NO3. The molecule has 0 spiro atoms. The Balaban J connectivity index is 2.19. The van der Waals surface area contributed by atoms with Crippen LogP contribution in [0.2, 0.25) is 0 Å². The van der Waals surface area contributed by atoms with E-state index in [4.69, 9.17) is 11.2 Å². The summed E-state index contributed by atoms with van der Waals surface area (Å²) in [6.07, 6.45) is 9.85. The minimum Gasteiger partial charge on any atom is -0.465 e. The second kappa shape index (κ2) is 7.75. The molecular weight excluding hydrogens is 230 g/mol. The Labute approximate surface area is 108 Å². The van der Waals surface area contributed by atoms with Crippen molar-refractivity contribution in [3.63, 3.8) is 0 Å². The fraction of sp³-hybridized carbons (Fsp3) is 0.714. The predicted molar refractivity (Wildman–Crippen MR) is 68.6 cm³/mol. The van der Waals surface area contributed by atoms with Crippen LogP contribution < -0.4 is 5.32 Å². The van der Waals surface area contributed by atoms with Crippen molar-refractivity contribution in [2.75, 3.05) is 6.61 Å². The summed E-state index contributed by atoms with van der Waals surface area (Å²) in [5, 5.41) is 2.86. The van der Waals surface area contributed by atoms with E-state index in [1.165, 1.54) is 0 Å². The van der Waals surface area contributed by atoms with Gasteiger partial charge >= 0.3 is 5.97 Å². The predicted octanol–water partition coefficient (Wildman–Crippen LogP) is 1.64. The average molecular weight is 251 g/mol. The van der Waals surface area contributed by atoms with Crippen LogP contribution in [0.25, 0.3) is 0 Å². The molecule has 1 amide bonds. The highest BCUT2D eigenvalue weighted by atomic mass is 16.5. The molecule has 0 aliphatic heterocycles.